The van der Waals surface area contributed by atoms with Crippen LogP contribution in [0.25, 0.3) is 0 Å². The van der Waals surface area contributed by atoms with Gasteiger partial charge < -0.3 is 15.1 Å². The Balaban J connectivity index is 0. The molecule has 0 aromatic rings. The zero-order valence-electron chi connectivity index (χ0n) is 10.6. The lowest BCUT2D eigenvalue weighted by molar-refractivity contribution is -0.117. The van der Waals surface area contributed by atoms with Crippen LogP contribution in [0, 0.1) is 0 Å². The first kappa shape index (κ1) is 20.3. The van der Waals surface area contributed by atoms with Crippen molar-refractivity contribution in [2.24, 2.45) is 0 Å². The molecule has 0 spiro atoms. The van der Waals surface area contributed by atoms with E-state index in [1.807, 2.05) is 0 Å². The topological polar surface area (TPSA) is 141 Å². The van der Waals surface area contributed by atoms with E-state index in [1.165, 1.54) is 13.8 Å². The number of hydrogen-bond donors (Lipinski definition) is 4. The summed E-state index contributed by atoms with van der Waals surface area (Å²) in [5.74, 6) is -0.402. The Morgan fingerprint density at radius 1 is 1.37 bits per heavy atom. The zero-order chi connectivity index (χ0) is 15.9. The number of nitrogens with one attached hydrogen (secondary N) is 1. The maximum Gasteiger partial charge on any atom is 0.348 e. The number of rotatable bonds is 5. The summed E-state index contributed by atoms with van der Waals surface area (Å²) in [6.07, 6.45) is 1.03. The van der Waals surface area contributed by atoms with Gasteiger partial charge in [-0.1, -0.05) is 13.2 Å². The summed E-state index contributed by atoms with van der Waals surface area (Å²) in [7, 11) is -7.97. The van der Waals surface area contributed by atoms with E-state index in [0.29, 0.717) is 5.82 Å². The average molecular weight is 315 g/mol. The molecule has 8 nitrogen and oxygen atoms in total. The molecule has 0 aliphatic heterocycles. The van der Waals surface area contributed by atoms with Crippen molar-refractivity contribution in [3.63, 3.8) is 0 Å². The third-order valence-electron chi connectivity index (χ3n) is 1.43. The molecule has 0 aliphatic rings. The van der Waals surface area contributed by atoms with Crippen molar-refractivity contribution in [2.75, 3.05) is 5.75 Å². The maximum atomic E-state index is 10.8. The van der Waals surface area contributed by atoms with Crippen LogP contribution in [0.4, 0.5) is 0 Å². The molecule has 0 saturated carbocycles. The van der Waals surface area contributed by atoms with Gasteiger partial charge in [0.15, 0.2) is 0 Å². The highest BCUT2D eigenvalue weighted by Crippen LogP contribution is 2.34. The van der Waals surface area contributed by atoms with Crippen LogP contribution in [-0.2, 0) is 19.5 Å². The summed E-state index contributed by atoms with van der Waals surface area (Å²) >= 11 is 0. The molecular formula is C9H18NO7PS. The first-order valence-electron chi connectivity index (χ1n) is 4.81. The second-order valence-corrected chi connectivity index (χ2v) is 7.07. The Morgan fingerprint density at radius 2 is 1.74 bits per heavy atom. The van der Waals surface area contributed by atoms with E-state index >= 15 is 0 Å². The summed E-state index contributed by atoms with van der Waals surface area (Å²) in [5.41, 5.74) is -1.00. The Kier molecular flexibility index (Phi) is 8.09. The second-order valence-electron chi connectivity index (χ2n) is 4.08. The van der Waals surface area contributed by atoms with Gasteiger partial charge in [0.2, 0.25) is 5.91 Å². The Labute approximate surface area is 112 Å². The van der Waals surface area contributed by atoms with Crippen molar-refractivity contribution in [3.8, 4) is 0 Å². The molecule has 0 bridgehead atoms. The van der Waals surface area contributed by atoms with E-state index in [4.69, 9.17) is 14.3 Å². The molecule has 19 heavy (non-hydrogen) atoms. The minimum absolute atomic E-state index is 0.478. The molecule has 4 N–H and O–H groups in total. The molecular weight excluding hydrogens is 297 g/mol. The van der Waals surface area contributed by atoms with Gasteiger partial charge >= 0.3 is 7.60 Å². The van der Waals surface area contributed by atoms with Gasteiger partial charge in [-0.25, -0.2) is 0 Å². The van der Waals surface area contributed by atoms with Crippen LogP contribution in [0.3, 0.4) is 0 Å². The molecule has 0 rings (SSSR count). The molecule has 0 saturated heterocycles. The van der Waals surface area contributed by atoms with E-state index in [9.17, 15) is 17.8 Å². The van der Waals surface area contributed by atoms with E-state index in [0.717, 1.165) is 6.08 Å². The van der Waals surface area contributed by atoms with E-state index < -0.39 is 34.9 Å². The summed E-state index contributed by atoms with van der Waals surface area (Å²) in [5, 5.41) is 2.37. The molecule has 0 atom stereocenters. The second kappa shape index (κ2) is 7.56. The number of carbonyl (C=O) groups is 1. The summed E-state index contributed by atoms with van der Waals surface area (Å²) in [6.45, 7) is 9.06. The first-order chi connectivity index (χ1) is 8.22. The third-order valence-corrected chi connectivity index (χ3v) is 2.99. The van der Waals surface area contributed by atoms with Crippen molar-refractivity contribution in [3.05, 3.63) is 25.1 Å². The van der Waals surface area contributed by atoms with Gasteiger partial charge in [0.25, 0.3) is 10.1 Å². The lowest BCUT2D eigenvalue weighted by Crippen LogP contribution is -2.47. The van der Waals surface area contributed by atoms with Gasteiger partial charge in [0, 0.05) is 5.82 Å². The Hall–Kier alpha value is -0.990. The minimum Gasteiger partial charge on any atom is -0.347 e. The molecule has 10 heteroatoms. The number of amides is 1. The standard InChI is InChI=1S/C7H13NO4S.C2H5O3P/c1-4-6(9)8-7(2,3)5-13(10,11)12;1-2-6(3,4)5/h4H,1,5H2,2-3H3,(H,8,9)(H,10,11,12);2H,1H2,(H2,3,4,5). The number of carbonyl (C=O) groups excluding carboxylic acids is 1. The Morgan fingerprint density at radius 3 is 1.95 bits per heavy atom. The SMILES string of the molecule is C=CC(=O)NC(C)(C)CS(=O)(=O)O.C=CP(=O)(O)O. The fourth-order valence-electron chi connectivity index (χ4n) is 0.877. The van der Waals surface area contributed by atoms with Crippen molar-refractivity contribution in [1.82, 2.24) is 5.32 Å². The lowest BCUT2D eigenvalue weighted by Gasteiger charge is -2.23. The number of hydrogen-bond acceptors (Lipinski definition) is 4. The molecule has 112 valence electrons. The van der Waals surface area contributed by atoms with Crippen molar-refractivity contribution >= 4 is 23.6 Å². The fraction of sp³-hybridized carbons (Fsp3) is 0.444. The van der Waals surface area contributed by atoms with Gasteiger partial charge in [-0.05, 0) is 19.9 Å². The van der Waals surface area contributed by atoms with E-state index in [-0.39, 0.29) is 0 Å². The van der Waals surface area contributed by atoms with Crippen molar-refractivity contribution in [2.45, 2.75) is 19.4 Å². The summed E-state index contributed by atoms with van der Waals surface area (Å²) in [6, 6.07) is 0. The highest BCUT2D eigenvalue weighted by atomic mass is 32.2. The fourth-order valence-corrected chi connectivity index (χ4v) is 1.86. The van der Waals surface area contributed by atoms with Crippen LogP contribution in [0.15, 0.2) is 25.1 Å². The van der Waals surface area contributed by atoms with Crippen LogP contribution < -0.4 is 5.32 Å². The van der Waals surface area contributed by atoms with Crippen LogP contribution in [0.1, 0.15) is 13.8 Å². The minimum atomic E-state index is -4.08. The first-order valence-corrected chi connectivity index (χ1v) is 8.10. The van der Waals surface area contributed by atoms with Gasteiger partial charge in [-0.2, -0.15) is 8.42 Å². The highest BCUT2D eigenvalue weighted by molar-refractivity contribution is 7.85. The van der Waals surface area contributed by atoms with Gasteiger partial charge in [-0.15, -0.1) is 0 Å². The predicted molar refractivity (Wildman–Crippen MR) is 71.1 cm³/mol. The average Bonchev–Trinajstić information content (AvgIpc) is 2.12. The molecule has 0 aromatic carbocycles. The third kappa shape index (κ3) is 17.0. The highest BCUT2D eigenvalue weighted by Gasteiger charge is 2.25. The molecule has 0 unspecified atom stereocenters. The predicted octanol–water partition coefficient (Wildman–Crippen LogP) is 0.263. The summed E-state index contributed by atoms with van der Waals surface area (Å²) in [4.78, 5) is 26.4. The van der Waals surface area contributed by atoms with E-state index in [2.05, 4.69) is 18.5 Å². The zero-order valence-corrected chi connectivity index (χ0v) is 12.3. The van der Waals surface area contributed by atoms with E-state index in [1.54, 1.807) is 0 Å². The molecule has 0 fully saturated rings. The molecule has 0 aromatic heterocycles. The van der Waals surface area contributed by atoms with Crippen molar-refractivity contribution < 1.29 is 32.1 Å². The van der Waals surface area contributed by atoms with Crippen LogP contribution in [-0.4, -0.2) is 40.0 Å². The van der Waals surface area contributed by atoms with Gasteiger partial charge in [-0.3, -0.25) is 13.9 Å². The van der Waals surface area contributed by atoms with Gasteiger partial charge in [0.05, 0.1) is 11.3 Å². The molecule has 1 amide bonds. The largest absolute Gasteiger partial charge is 0.348 e. The molecule has 0 heterocycles. The quantitative estimate of drug-likeness (QED) is 0.324. The van der Waals surface area contributed by atoms with Crippen molar-refractivity contribution in [1.29, 1.82) is 0 Å². The lowest BCUT2D eigenvalue weighted by atomic mass is 10.1. The summed E-state index contributed by atoms with van der Waals surface area (Å²) < 4.78 is 39.1. The van der Waals surface area contributed by atoms with Crippen LogP contribution >= 0.6 is 7.60 Å². The maximum absolute atomic E-state index is 10.8. The molecule has 0 radical (unpaired) electrons. The Bertz CT molecular complexity index is 477. The van der Waals surface area contributed by atoms with Crippen LogP contribution in [0.2, 0.25) is 0 Å². The van der Waals surface area contributed by atoms with Crippen LogP contribution in [0.5, 0.6) is 0 Å². The monoisotopic (exact) mass is 315 g/mol. The smallest absolute Gasteiger partial charge is 0.347 e. The van der Waals surface area contributed by atoms with Gasteiger partial charge in [0.1, 0.15) is 0 Å². The molecule has 0 aliphatic carbocycles. The normalized spacial score (nSPS) is 11.8.